The maximum atomic E-state index is 3.53. The van der Waals surface area contributed by atoms with Crippen LogP contribution < -0.4 is 0 Å². The number of H-pyrrole nitrogens is 2. The number of hydrogen-bond acceptors (Lipinski definition) is 1. The van der Waals surface area contributed by atoms with Crippen LogP contribution >= 0.6 is 43.2 Å². The highest BCUT2D eigenvalue weighted by atomic mass is 79.9. The summed E-state index contributed by atoms with van der Waals surface area (Å²) in [6.07, 6.45) is 0. The Morgan fingerprint density at radius 3 is 1.56 bits per heavy atom. The molecular formula is C20H12Br2N2S. The number of benzene rings is 2. The summed E-state index contributed by atoms with van der Waals surface area (Å²) >= 11 is 8.85. The first kappa shape index (κ1) is 15.4. The zero-order valence-electron chi connectivity index (χ0n) is 12.9. The molecule has 0 amide bonds. The highest BCUT2D eigenvalue weighted by Gasteiger charge is 2.10. The van der Waals surface area contributed by atoms with Gasteiger partial charge in [0.15, 0.2) is 0 Å². The van der Waals surface area contributed by atoms with Gasteiger partial charge >= 0.3 is 0 Å². The Labute approximate surface area is 165 Å². The van der Waals surface area contributed by atoms with Gasteiger partial charge in [0.2, 0.25) is 0 Å². The van der Waals surface area contributed by atoms with E-state index in [0.29, 0.717) is 0 Å². The topological polar surface area (TPSA) is 31.6 Å². The molecule has 0 aliphatic rings. The lowest BCUT2D eigenvalue weighted by atomic mass is 10.2. The molecular weight excluding hydrogens is 460 g/mol. The van der Waals surface area contributed by atoms with Gasteiger partial charge in [-0.1, -0.05) is 44.0 Å². The van der Waals surface area contributed by atoms with Crippen molar-refractivity contribution < 1.29 is 0 Å². The number of fused-ring (bicyclic) bond motifs is 2. The predicted octanol–water partition coefficient (Wildman–Crippen LogP) is 7.57. The molecule has 0 aliphatic carbocycles. The van der Waals surface area contributed by atoms with Crippen molar-refractivity contribution in [3.63, 3.8) is 0 Å². The van der Waals surface area contributed by atoms with Crippen LogP contribution in [0.1, 0.15) is 0 Å². The van der Waals surface area contributed by atoms with Gasteiger partial charge in [0.1, 0.15) is 0 Å². The summed E-state index contributed by atoms with van der Waals surface area (Å²) in [5.41, 5.74) is 4.61. The zero-order chi connectivity index (χ0) is 17.0. The van der Waals surface area contributed by atoms with Gasteiger partial charge in [0, 0.05) is 30.8 Å². The average molecular weight is 472 g/mol. The van der Waals surface area contributed by atoms with Crippen LogP contribution in [0, 0.1) is 0 Å². The molecule has 0 radical (unpaired) electrons. The molecule has 5 rings (SSSR count). The smallest absolute Gasteiger partial charge is 0.0566 e. The number of halogens is 2. The minimum Gasteiger partial charge on any atom is -0.354 e. The van der Waals surface area contributed by atoms with E-state index in [2.05, 4.69) is 102 Å². The van der Waals surface area contributed by atoms with Crippen LogP contribution in [0.5, 0.6) is 0 Å². The maximum Gasteiger partial charge on any atom is 0.0566 e. The SMILES string of the molecule is Brc1ccc2cc(-c3ccc(-c4cc5ccc(Br)cc5[nH]4)s3)[nH]c2c1. The molecule has 2 N–H and O–H groups in total. The third-order valence-electron chi connectivity index (χ3n) is 4.31. The van der Waals surface area contributed by atoms with Gasteiger partial charge in [-0.25, -0.2) is 0 Å². The number of rotatable bonds is 2. The monoisotopic (exact) mass is 470 g/mol. The Morgan fingerprint density at radius 1 is 0.600 bits per heavy atom. The maximum absolute atomic E-state index is 3.53. The molecule has 2 aromatic carbocycles. The highest BCUT2D eigenvalue weighted by molar-refractivity contribution is 9.10. The molecule has 0 unspecified atom stereocenters. The number of thiophene rings is 1. The number of aromatic amines is 2. The molecule has 3 heterocycles. The lowest BCUT2D eigenvalue weighted by Crippen LogP contribution is -1.70. The second-order valence-electron chi connectivity index (χ2n) is 5.99. The predicted molar refractivity (Wildman–Crippen MR) is 114 cm³/mol. The molecule has 2 nitrogen and oxygen atoms in total. The highest BCUT2D eigenvalue weighted by Crippen LogP contribution is 2.36. The summed E-state index contributed by atoms with van der Waals surface area (Å²) in [6, 6.07) is 21.4. The van der Waals surface area contributed by atoms with E-state index >= 15 is 0 Å². The van der Waals surface area contributed by atoms with Crippen molar-refractivity contribution in [1.29, 1.82) is 0 Å². The molecule has 0 atom stereocenters. The van der Waals surface area contributed by atoms with Crippen LogP contribution in [0.3, 0.4) is 0 Å². The second kappa shape index (κ2) is 5.87. The lowest BCUT2D eigenvalue weighted by molar-refractivity contribution is 1.47. The first-order chi connectivity index (χ1) is 12.2. The molecule has 0 aliphatic heterocycles. The third-order valence-corrected chi connectivity index (χ3v) is 6.44. The Hall–Kier alpha value is -1.82. The van der Waals surface area contributed by atoms with Crippen LogP contribution in [0.25, 0.3) is 42.9 Å². The minimum absolute atomic E-state index is 1.09. The Bertz CT molecular complexity index is 1130. The summed E-state index contributed by atoms with van der Waals surface area (Å²) in [5, 5.41) is 2.45. The first-order valence-electron chi connectivity index (χ1n) is 7.83. The fourth-order valence-electron chi connectivity index (χ4n) is 3.09. The fraction of sp³-hybridized carbons (Fsp3) is 0. The van der Waals surface area contributed by atoms with E-state index in [4.69, 9.17) is 0 Å². The Morgan fingerprint density at radius 2 is 1.08 bits per heavy atom. The number of nitrogens with one attached hydrogen (secondary N) is 2. The lowest BCUT2D eigenvalue weighted by Gasteiger charge is -1.92. The minimum atomic E-state index is 1.09. The summed E-state index contributed by atoms with van der Waals surface area (Å²) in [4.78, 5) is 9.51. The number of hydrogen-bond donors (Lipinski definition) is 2. The molecule has 5 heteroatoms. The molecule has 0 saturated carbocycles. The van der Waals surface area contributed by atoms with E-state index in [-0.39, 0.29) is 0 Å². The van der Waals surface area contributed by atoms with Crippen LogP contribution in [0.2, 0.25) is 0 Å². The number of aromatic nitrogens is 2. The van der Waals surface area contributed by atoms with Crippen LogP contribution in [-0.4, -0.2) is 9.97 Å². The van der Waals surface area contributed by atoms with Gasteiger partial charge in [-0.15, -0.1) is 11.3 Å². The van der Waals surface area contributed by atoms with Crippen molar-refractivity contribution in [1.82, 2.24) is 9.97 Å². The van der Waals surface area contributed by atoms with Gasteiger partial charge in [-0.2, -0.15) is 0 Å². The standard InChI is InChI=1S/C20H12Br2N2S/c21-13-3-1-11-7-17(23-15(11)9-13)19-5-6-20(25-19)18-8-12-2-4-14(22)10-16(12)24-18/h1-10,23-24H. The Kier molecular flexibility index (Phi) is 3.62. The summed E-state index contributed by atoms with van der Waals surface area (Å²) in [7, 11) is 0. The molecule has 122 valence electrons. The van der Waals surface area contributed by atoms with Crippen molar-refractivity contribution in [3.8, 4) is 21.1 Å². The van der Waals surface area contributed by atoms with Crippen LogP contribution in [0.4, 0.5) is 0 Å². The van der Waals surface area contributed by atoms with Crippen molar-refractivity contribution in [2.75, 3.05) is 0 Å². The van der Waals surface area contributed by atoms with Gasteiger partial charge in [-0.3, -0.25) is 0 Å². The fourth-order valence-corrected chi connectivity index (χ4v) is 4.76. The first-order valence-corrected chi connectivity index (χ1v) is 10.2. The van der Waals surface area contributed by atoms with E-state index in [1.54, 1.807) is 11.3 Å². The van der Waals surface area contributed by atoms with Crippen LogP contribution in [0.15, 0.2) is 69.6 Å². The molecule has 25 heavy (non-hydrogen) atoms. The average Bonchev–Trinajstić information content (AvgIpc) is 3.30. The van der Waals surface area contributed by atoms with Crippen molar-refractivity contribution in [2.24, 2.45) is 0 Å². The van der Waals surface area contributed by atoms with Crippen LogP contribution in [-0.2, 0) is 0 Å². The van der Waals surface area contributed by atoms with Crippen molar-refractivity contribution in [2.45, 2.75) is 0 Å². The summed E-state index contributed by atoms with van der Waals surface area (Å²) < 4.78 is 2.18. The molecule has 0 spiro atoms. The third kappa shape index (κ3) is 2.76. The van der Waals surface area contributed by atoms with E-state index in [9.17, 15) is 0 Å². The molecule has 5 aromatic rings. The quantitative estimate of drug-likeness (QED) is 0.266. The largest absolute Gasteiger partial charge is 0.354 e. The van der Waals surface area contributed by atoms with Crippen molar-refractivity contribution in [3.05, 3.63) is 69.6 Å². The zero-order valence-corrected chi connectivity index (χ0v) is 16.9. The van der Waals surface area contributed by atoms with E-state index < -0.39 is 0 Å². The second-order valence-corrected chi connectivity index (χ2v) is 8.91. The molecule has 3 aromatic heterocycles. The van der Waals surface area contributed by atoms with Gasteiger partial charge < -0.3 is 9.97 Å². The molecule has 0 fully saturated rings. The normalized spacial score (nSPS) is 11.6. The van der Waals surface area contributed by atoms with Gasteiger partial charge in [0.05, 0.1) is 21.1 Å². The molecule has 0 bridgehead atoms. The summed E-state index contributed by atoms with van der Waals surface area (Å²) in [6.45, 7) is 0. The van der Waals surface area contributed by atoms with E-state index in [1.807, 2.05) is 0 Å². The van der Waals surface area contributed by atoms with Crippen molar-refractivity contribution >= 4 is 65.0 Å². The Balaban J connectivity index is 1.56. The molecule has 0 saturated heterocycles. The van der Waals surface area contributed by atoms with E-state index in [1.165, 1.54) is 20.5 Å². The van der Waals surface area contributed by atoms with Gasteiger partial charge in [-0.05, 0) is 48.5 Å². The van der Waals surface area contributed by atoms with E-state index in [0.717, 1.165) is 31.4 Å². The van der Waals surface area contributed by atoms with Gasteiger partial charge in [0.25, 0.3) is 0 Å². The summed E-state index contributed by atoms with van der Waals surface area (Å²) in [5.74, 6) is 0.